The van der Waals surface area contributed by atoms with E-state index in [-0.39, 0.29) is 5.97 Å². The largest absolute Gasteiger partial charge is 0.462 e. The molecule has 3 nitrogen and oxygen atoms in total. The van der Waals surface area contributed by atoms with Crippen LogP contribution in [0.15, 0.2) is 24.3 Å². The van der Waals surface area contributed by atoms with E-state index in [2.05, 4.69) is 5.32 Å². The standard InChI is InChI=1S/C18H20ClNO2S/c1-2-22-18(21)16-14-5-3-4-6-15(14)23-17(16)20-11-12-7-9-13(19)10-8-12/h7-10,20H,2-6,11H2,1H3. The molecule has 1 aromatic heterocycles. The molecule has 1 heterocycles. The number of rotatable bonds is 5. The number of aryl methyl sites for hydroxylation is 1. The number of hydrogen-bond acceptors (Lipinski definition) is 4. The highest BCUT2D eigenvalue weighted by molar-refractivity contribution is 7.16. The number of ether oxygens (including phenoxy) is 1. The van der Waals surface area contributed by atoms with Crippen molar-refractivity contribution >= 4 is 33.9 Å². The first-order valence-electron chi connectivity index (χ1n) is 7.99. The zero-order chi connectivity index (χ0) is 16.2. The van der Waals surface area contributed by atoms with Gasteiger partial charge in [-0.05, 0) is 55.9 Å². The molecule has 0 radical (unpaired) electrons. The lowest BCUT2D eigenvalue weighted by molar-refractivity contribution is 0.0526. The van der Waals surface area contributed by atoms with Gasteiger partial charge < -0.3 is 10.1 Å². The molecule has 0 spiro atoms. The van der Waals surface area contributed by atoms with Crippen LogP contribution in [0.4, 0.5) is 5.00 Å². The quantitative estimate of drug-likeness (QED) is 0.766. The average molecular weight is 350 g/mol. The highest BCUT2D eigenvalue weighted by Crippen LogP contribution is 2.38. The third kappa shape index (κ3) is 3.70. The maximum atomic E-state index is 12.4. The number of halogens is 1. The highest BCUT2D eigenvalue weighted by Gasteiger charge is 2.26. The van der Waals surface area contributed by atoms with Crippen LogP contribution in [-0.2, 0) is 24.1 Å². The smallest absolute Gasteiger partial charge is 0.341 e. The van der Waals surface area contributed by atoms with Gasteiger partial charge in [-0.2, -0.15) is 0 Å². The number of nitrogens with one attached hydrogen (secondary N) is 1. The lowest BCUT2D eigenvalue weighted by atomic mass is 9.95. The molecule has 3 rings (SSSR count). The molecule has 1 aliphatic carbocycles. The van der Waals surface area contributed by atoms with Crippen LogP contribution in [0, 0.1) is 0 Å². The Balaban J connectivity index is 1.84. The second-order valence-corrected chi connectivity index (χ2v) is 7.16. The summed E-state index contributed by atoms with van der Waals surface area (Å²) in [5.74, 6) is -0.203. The van der Waals surface area contributed by atoms with Crippen LogP contribution in [0.2, 0.25) is 5.02 Å². The van der Waals surface area contributed by atoms with Crippen LogP contribution >= 0.6 is 22.9 Å². The van der Waals surface area contributed by atoms with Crippen molar-refractivity contribution in [3.63, 3.8) is 0 Å². The van der Waals surface area contributed by atoms with Crippen molar-refractivity contribution in [3.05, 3.63) is 50.9 Å². The maximum absolute atomic E-state index is 12.4. The summed E-state index contributed by atoms with van der Waals surface area (Å²) in [5, 5.41) is 5.08. The third-order valence-electron chi connectivity index (χ3n) is 4.02. The number of benzene rings is 1. The molecule has 23 heavy (non-hydrogen) atoms. The van der Waals surface area contributed by atoms with E-state index < -0.39 is 0 Å². The first-order chi connectivity index (χ1) is 11.2. The number of carbonyl (C=O) groups is 1. The summed E-state index contributed by atoms with van der Waals surface area (Å²) >= 11 is 7.62. The predicted octanol–water partition coefficient (Wildman–Crippen LogP) is 5.07. The number of thiophene rings is 1. The molecule has 5 heteroatoms. The molecule has 122 valence electrons. The molecule has 1 aromatic carbocycles. The number of anilines is 1. The van der Waals surface area contributed by atoms with Gasteiger partial charge in [-0.15, -0.1) is 11.3 Å². The SMILES string of the molecule is CCOC(=O)c1c(NCc2ccc(Cl)cc2)sc2c1CCCC2. The van der Waals surface area contributed by atoms with Crippen molar-refractivity contribution in [1.29, 1.82) is 0 Å². The van der Waals surface area contributed by atoms with Crippen LogP contribution in [0.3, 0.4) is 0 Å². The Morgan fingerprint density at radius 3 is 2.74 bits per heavy atom. The van der Waals surface area contributed by atoms with Gasteiger partial charge in [-0.25, -0.2) is 4.79 Å². The molecule has 0 atom stereocenters. The molecule has 0 saturated heterocycles. The Morgan fingerprint density at radius 2 is 2.00 bits per heavy atom. The van der Waals surface area contributed by atoms with E-state index in [0.717, 1.165) is 40.4 Å². The van der Waals surface area contributed by atoms with Gasteiger partial charge >= 0.3 is 5.97 Å². The fraction of sp³-hybridized carbons (Fsp3) is 0.389. The van der Waals surface area contributed by atoms with Crippen molar-refractivity contribution in [2.24, 2.45) is 0 Å². The lowest BCUT2D eigenvalue weighted by Crippen LogP contribution is -2.11. The second-order valence-electron chi connectivity index (χ2n) is 5.62. The summed E-state index contributed by atoms with van der Waals surface area (Å²) in [6.07, 6.45) is 4.39. The summed E-state index contributed by atoms with van der Waals surface area (Å²) in [7, 11) is 0. The Morgan fingerprint density at radius 1 is 1.26 bits per heavy atom. The monoisotopic (exact) mass is 349 g/mol. The van der Waals surface area contributed by atoms with E-state index in [4.69, 9.17) is 16.3 Å². The van der Waals surface area contributed by atoms with Gasteiger partial charge in [0.25, 0.3) is 0 Å². The summed E-state index contributed by atoms with van der Waals surface area (Å²) in [6, 6.07) is 7.74. The van der Waals surface area contributed by atoms with Gasteiger partial charge in [0, 0.05) is 16.4 Å². The predicted molar refractivity (Wildman–Crippen MR) is 95.7 cm³/mol. The van der Waals surface area contributed by atoms with Gasteiger partial charge in [0.15, 0.2) is 0 Å². The molecular weight excluding hydrogens is 330 g/mol. The van der Waals surface area contributed by atoms with Gasteiger partial charge in [0.1, 0.15) is 5.00 Å². The summed E-state index contributed by atoms with van der Waals surface area (Å²) in [5.41, 5.74) is 3.08. The van der Waals surface area contributed by atoms with Crippen molar-refractivity contribution in [2.75, 3.05) is 11.9 Å². The number of esters is 1. The fourth-order valence-corrected chi connectivity index (χ4v) is 4.29. The molecule has 0 bridgehead atoms. The van der Waals surface area contributed by atoms with E-state index in [0.29, 0.717) is 13.2 Å². The van der Waals surface area contributed by atoms with Crippen LogP contribution in [0.5, 0.6) is 0 Å². The number of hydrogen-bond donors (Lipinski definition) is 1. The number of carbonyl (C=O) groups excluding carboxylic acids is 1. The zero-order valence-corrected chi connectivity index (χ0v) is 14.7. The van der Waals surface area contributed by atoms with Crippen molar-refractivity contribution in [3.8, 4) is 0 Å². The molecular formula is C18H20ClNO2S. The summed E-state index contributed by atoms with van der Waals surface area (Å²) in [4.78, 5) is 13.7. The molecule has 2 aromatic rings. The minimum Gasteiger partial charge on any atom is -0.462 e. The zero-order valence-electron chi connectivity index (χ0n) is 13.2. The Labute approximate surface area is 145 Å². The van der Waals surface area contributed by atoms with Crippen LogP contribution in [0.25, 0.3) is 0 Å². The first-order valence-corrected chi connectivity index (χ1v) is 9.18. The number of fused-ring (bicyclic) bond motifs is 1. The first kappa shape index (κ1) is 16.3. The van der Waals surface area contributed by atoms with Crippen molar-refractivity contribution in [1.82, 2.24) is 0 Å². The normalized spacial score (nSPS) is 13.5. The molecule has 0 amide bonds. The van der Waals surface area contributed by atoms with E-state index in [1.54, 1.807) is 11.3 Å². The van der Waals surface area contributed by atoms with Gasteiger partial charge in [-0.3, -0.25) is 0 Å². The minimum absolute atomic E-state index is 0.203. The van der Waals surface area contributed by atoms with Crippen molar-refractivity contribution < 1.29 is 9.53 Å². The molecule has 0 unspecified atom stereocenters. The molecule has 0 fully saturated rings. The van der Waals surface area contributed by atoms with Gasteiger partial charge in [0.2, 0.25) is 0 Å². The van der Waals surface area contributed by atoms with Gasteiger partial charge in [-0.1, -0.05) is 23.7 Å². The van der Waals surface area contributed by atoms with Crippen LogP contribution in [0.1, 0.15) is 46.1 Å². The molecule has 0 saturated carbocycles. The van der Waals surface area contributed by atoms with Crippen LogP contribution in [-0.4, -0.2) is 12.6 Å². The Bertz CT molecular complexity index is 694. The lowest BCUT2D eigenvalue weighted by Gasteiger charge is -2.12. The second kappa shape index (κ2) is 7.37. The van der Waals surface area contributed by atoms with Gasteiger partial charge in [0.05, 0.1) is 12.2 Å². The molecule has 1 aliphatic rings. The maximum Gasteiger partial charge on any atom is 0.341 e. The minimum atomic E-state index is -0.203. The van der Waals surface area contributed by atoms with Crippen LogP contribution < -0.4 is 5.32 Å². The third-order valence-corrected chi connectivity index (χ3v) is 5.52. The Hall–Kier alpha value is -1.52. The van der Waals surface area contributed by atoms with E-state index in [1.165, 1.54) is 16.9 Å². The summed E-state index contributed by atoms with van der Waals surface area (Å²) < 4.78 is 5.27. The van der Waals surface area contributed by atoms with E-state index >= 15 is 0 Å². The fourth-order valence-electron chi connectivity index (χ4n) is 2.89. The highest BCUT2D eigenvalue weighted by atomic mass is 35.5. The topological polar surface area (TPSA) is 38.3 Å². The van der Waals surface area contributed by atoms with E-state index in [1.807, 2.05) is 31.2 Å². The molecule has 1 N–H and O–H groups in total. The summed E-state index contributed by atoms with van der Waals surface area (Å²) in [6.45, 7) is 2.92. The Kier molecular flexibility index (Phi) is 5.23. The molecule has 0 aliphatic heterocycles. The van der Waals surface area contributed by atoms with E-state index in [9.17, 15) is 4.79 Å². The van der Waals surface area contributed by atoms with Crippen molar-refractivity contribution in [2.45, 2.75) is 39.2 Å². The average Bonchev–Trinajstić information content (AvgIpc) is 2.93.